The van der Waals surface area contributed by atoms with E-state index in [1.165, 1.54) is 0 Å². The highest BCUT2D eigenvalue weighted by Gasteiger charge is 2.47. The van der Waals surface area contributed by atoms with Crippen LogP contribution in [0.5, 0.6) is 5.75 Å². The fourth-order valence-corrected chi connectivity index (χ4v) is 2.64. The van der Waals surface area contributed by atoms with E-state index in [9.17, 15) is 0 Å². The van der Waals surface area contributed by atoms with Crippen LogP contribution in [0.4, 0.5) is 5.69 Å². The van der Waals surface area contributed by atoms with Crippen LogP contribution in [0.1, 0.15) is 12.5 Å². The van der Waals surface area contributed by atoms with Crippen LogP contribution in [-0.4, -0.2) is 6.02 Å². The zero-order valence-electron chi connectivity index (χ0n) is 10.5. The Hall–Kier alpha value is -2.49. The lowest BCUT2D eigenvalue weighted by Crippen LogP contribution is -2.48. The van der Waals surface area contributed by atoms with Gasteiger partial charge in [0.25, 0.3) is 0 Å². The van der Waals surface area contributed by atoms with Crippen LogP contribution in [0.3, 0.4) is 0 Å². The molecule has 94 valence electrons. The Kier molecular flexibility index (Phi) is 1.93. The van der Waals surface area contributed by atoms with Crippen LogP contribution in [0.15, 0.2) is 59.7 Å². The van der Waals surface area contributed by atoms with Gasteiger partial charge in [-0.3, -0.25) is 10.3 Å². The maximum absolute atomic E-state index is 5.76. The van der Waals surface area contributed by atoms with Crippen LogP contribution in [0.25, 0.3) is 0 Å². The number of para-hydroxylation sites is 2. The van der Waals surface area contributed by atoms with E-state index in [1.807, 2.05) is 42.5 Å². The van der Waals surface area contributed by atoms with E-state index >= 15 is 0 Å². The average Bonchev–Trinajstić information content (AvgIpc) is 2.99. The number of amidine groups is 1. The summed E-state index contributed by atoms with van der Waals surface area (Å²) in [4.78, 5) is 2.09. The minimum atomic E-state index is -0.413. The van der Waals surface area contributed by atoms with Crippen molar-refractivity contribution in [3.05, 3.63) is 60.2 Å². The second-order valence-corrected chi connectivity index (χ2v) is 4.85. The highest BCUT2D eigenvalue weighted by atomic mass is 16.5. The van der Waals surface area contributed by atoms with Crippen LogP contribution in [0.2, 0.25) is 0 Å². The monoisotopic (exact) mass is 251 g/mol. The number of hydrogen-bond donors (Lipinski definition) is 1. The Labute approximate surface area is 111 Å². The molecule has 0 aromatic heterocycles. The number of ether oxygens (including phenoxy) is 1. The molecule has 0 fully saturated rings. The molecule has 0 saturated heterocycles. The SMILES string of the molecule is CC1(c2ccccc2)NN=C2Oc3ccccc3N21. The van der Waals surface area contributed by atoms with Crippen molar-refractivity contribution in [1.29, 1.82) is 0 Å². The first-order chi connectivity index (χ1) is 9.29. The summed E-state index contributed by atoms with van der Waals surface area (Å²) < 4.78 is 5.76. The Morgan fingerprint density at radius 1 is 1.05 bits per heavy atom. The number of nitrogens with zero attached hydrogens (tertiary/aromatic N) is 2. The zero-order valence-corrected chi connectivity index (χ0v) is 10.5. The molecule has 2 aromatic rings. The molecule has 1 atom stereocenters. The Bertz CT molecular complexity index is 668. The number of fused-ring (bicyclic) bond motifs is 3. The number of rotatable bonds is 1. The number of benzene rings is 2. The normalized spacial score (nSPS) is 23.2. The van der Waals surface area contributed by atoms with Crippen LogP contribution in [0, 0.1) is 0 Å². The summed E-state index contributed by atoms with van der Waals surface area (Å²) in [6.45, 7) is 2.10. The van der Waals surface area contributed by atoms with Gasteiger partial charge in [0.15, 0.2) is 11.4 Å². The van der Waals surface area contributed by atoms with Crippen molar-refractivity contribution < 1.29 is 4.74 Å². The van der Waals surface area contributed by atoms with E-state index in [1.54, 1.807) is 0 Å². The smallest absolute Gasteiger partial charge is 0.321 e. The lowest BCUT2D eigenvalue weighted by atomic mass is 10.0. The predicted molar refractivity (Wildman–Crippen MR) is 73.9 cm³/mol. The first-order valence-corrected chi connectivity index (χ1v) is 6.26. The van der Waals surface area contributed by atoms with Crippen LogP contribution in [-0.2, 0) is 5.66 Å². The van der Waals surface area contributed by atoms with Gasteiger partial charge in [0.2, 0.25) is 0 Å². The van der Waals surface area contributed by atoms with Gasteiger partial charge in [-0.25, -0.2) is 0 Å². The third-order valence-corrected chi connectivity index (χ3v) is 3.65. The van der Waals surface area contributed by atoms with Gasteiger partial charge in [-0.1, -0.05) is 42.5 Å². The molecule has 0 radical (unpaired) electrons. The van der Waals surface area contributed by atoms with Crippen molar-refractivity contribution in [3.63, 3.8) is 0 Å². The summed E-state index contributed by atoms with van der Waals surface area (Å²) in [6, 6.07) is 18.8. The van der Waals surface area contributed by atoms with Gasteiger partial charge >= 0.3 is 6.02 Å². The van der Waals surface area contributed by atoms with E-state index < -0.39 is 5.66 Å². The largest absolute Gasteiger partial charge is 0.422 e. The first kappa shape index (κ1) is 10.4. The second-order valence-electron chi connectivity index (χ2n) is 4.85. The van der Waals surface area contributed by atoms with Crippen LogP contribution >= 0.6 is 0 Å². The topological polar surface area (TPSA) is 36.9 Å². The molecule has 1 N–H and O–H groups in total. The summed E-state index contributed by atoms with van der Waals surface area (Å²) in [5.41, 5.74) is 4.95. The van der Waals surface area contributed by atoms with Gasteiger partial charge in [-0.2, -0.15) is 0 Å². The molecule has 0 bridgehead atoms. The average molecular weight is 251 g/mol. The summed E-state index contributed by atoms with van der Waals surface area (Å²) in [7, 11) is 0. The molecule has 2 aliphatic heterocycles. The van der Waals surface area contributed by atoms with E-state index in [-0.39, 0.29) is 0 Å². The van der Waals surface area contributed by atoms with Crippen molar-refractivity contribution in [3.8, 4) is 5.75 Å². The van der Waals surface area contributed by atoms with Crippen molar-refractivity contribution in [1.82, 2.24) is 5.43 Å². The number of nitrogens with one attached hydrogen (secondary N) is 1. The molecule has 2 heterocycles. The van der Waals surface area contributed by atoms with Gasteiger partial charge < -0.3 is 4.74 Å². The molecule has 1 unspecified atom stereocenters. The fourth-order valence-electron chi connectivity index (χ4n) is 2.64. The minimum Gasteiger partial charge on any atom is -0.422 e. The third-order valence-electron chi connectivity index (χ3n) is 3.65. The Balaban J connectivity index is 1.86. The maximum Gasteiger partial charge on any atom is 0.321 e. The summed E-state index contributed by atoms with van der Waals surface area (Å²) >= 11 is 0. The maximum atomic E-state index is 5.76. The Morgan fingerprint density at radius 2 is 1.79 bits per heavy atom. The van der Waals surface area contributed by atoms with Gasteiger partial charge in [0.1, 0.15) is 0 Å². The number of hydrazone groups is 1. The zero-order chi connectivity index (χ0) is 12.9. The van der Waals surface area contributed by atoms with Gasteiger partial charge in [0.05, 0.1) is 5.69 Å². The molecule has 0 saturated carbocycles. The summed E-state index contributed by atoms with van der Waals surface area (Å²) in [5.74, 6) is 0.852. The summed E-state index contributed by atoms with van der Waals surface area (Å²) in [5, 5.41) is 4.31. The van der Waals surface area contributed by atoms with Crippen molar-refractivity contribution in [2.45, 2.75) is 12.6 Å². The van der Waals surface area contributed by atoms with Gasteiger partial charge in [-0.05, 0) is 24.6 Å². The summed E-state index contributed by atoms with van der Waals surface area (Å²) in [6.07, 6.45) is 0. The molecule has 0 amide bonds. The molecule has 2 aromatic carbocycles. The van der Waals surface area contributed by atoms with E-state index in [0.717, 1.165) is 17.0 Å². The van der Waals surface area contributed by atoms with E-state index in [2.05, 4.69) is 34.5 Å². The third kappa shape index (κ3) is 1.31. The van der Waals surface area contributed by atoms with Crippen molar-refractivity contribution in [2.75, 3.05) is 4.90 Å². The Morgan fingerprint density at radius 3 is 2.63 bits per heavy atom. The highest BCUT2D eigenvalue weighted by Crippen LogP contribution is 2.43. The lowest BCUT2D eigenvalue weighted by Gasteiger charge is -2.33. The molecule has 4 heteroatoms. The molecule has 4 rings (SSSR count). The molecule has 4 nitrogen and oxygen atoms in total. The van der Waals surface area contributed by atoms with Crippen molar-refractivity contribution in [2.24, 2.45) is 5.10 Å². The minimum absolute atomic E-state index is 0.413. The molecule has 0 spiro atoms. The first-order valence-electron chi connectivity index (χ1n) is 6.26. The second kappa shape index (κ2) is 3.51. The standard InChI is InChI=1S/C15H13N3O/c1-15(11-7-3-2-4-8-11)17-16-14-18(15)12-9-5-6-10-13(12)19-14/h2-10,17H,1H3. The quantitative estimate of drug-likeness (QED) is 0.846. The van der Waals surface area contributed by atoms with Gasteiger partial charge in [-0.15, -0.1) is 5.10 Å². The molecule has 0 aliphatic carbocycles. The van der Waals surface area contributed by atoms with E-state index in [4.69, 9.17) is 4.74 Å². The van der Waals surface area contributed by atoms with Crippen molar-refractivity contribution >= 4 is 11.7 Å². The fraction of sp³-hybridized carbons (Fsp3) is 0.133. The molecular weight excluding hydrogens is 238 g/mol. The number of anilines is 1. The molecular formula is C15H13N3O. The molecule has 19 heavy (non-hydrogen) atoms. The predicted octanol–water partition coefficient (Wildman–Crippen LogP) is 2.63. The number of hydrogen-bond acceptors (Lipinski definition) is 4. The highest BCUT2D eigenvalue weighted by molar-refractivity contribution is 6.02. The van der Waals surface area contributed by atoms with Gasteiger partial charge in [0, 0.05) is 0 Å². The lowest BCUT2D eigenvalue weighted by molar-refractivity contribution is 0.422. The molecule has 2 aliphatic rings. The van der Waals surface area contributed by atoms with Crippen LogP contribution < -0.4 is 15.1 Å². The van der Waals surface area contributed by atoms with E-state index in [0.29, 0.717) is 6.02 Å².